The molecule has 0 aromatic carbocycles. The third-order valence-electron chi connectivity index (χ3n) is 8.04. The Labute approximate surface area is 256 Å². The van der Waals surface area contributed by atoms with Crippen molar-refractivity contribution < 1.29 is 18.7 Å². The molecule has 1 aliphatic carbocycles. The number of anilines is 1. The lowest BCUT2D eigenvalue weighted by atomic mass is 9.78. The highest BCUT2D eigenvalue weighted by molar-refractivity contribution is 5.94. The molecule has 3 aromatic rings. The summed E-state index contributed by atoms with van der Waals surface area (Å²) in [6.07, 6.45) is 9.15. The highest BCUT2D eigenvalue weighted by Gasteiger charge is 2.41. The maximum Gasteiger partial charge on any atom is 0.254 e. The number of pyridine rings is 1. The smallest absolute Gasteiger partial charge is 0.254 e. The van der Waals surface area contributed by atoms with Crippen molar-refractivity contribution in [1.82, 2.24) is 34.9 Å². The van der Waals surface area contributed by atoms with Crippen molar-refractivity contribution in [1.29, 1.82) is 0 Å². The second-order valence-electron chi connectivity index (χ2n) is 11.2. The lowest BCUT2D eigenvalue weighted by Gasteiger charge is -2.49. The van der Waals surface area contributed by atoms with Crippen LogP contribution in [-0.4, -0.2) is 85.1 Å². The van der Waals surface area contributed by atoms with E-state index in [0.29, 0.717) is 43.5 Å². The van der Waals surface area contributed by atoms with E-state index in [4.69, 9.17) is 4.74 Å². The molecule has 0 radical (unpaired) electrons. The Morgan fingerprint density at radius 3 is 2.66 bits per heavy atom. The SMILES string of the molecule is CCCOCc1ncc(-c2cccc(NC(=O)[C@H]3C[C@@H](N4CCN(C(=O)c5ccnc(CF)c5)C[C@@H]4C)C3)n[nH]cc2)cn1. The van der Waals surface area contributed by atoms with Gasteiger partial charge in [0.25, 0.3) is 5.91 Å². The Hall–Kier alpha value is -4.29. The van der Waals surface area contributed by atoms with Crippen molar-refractivity contribution in [2.24, 2.45) is 5.92 Å². The molecule has 1 saturated carbocycles. The zero-order valence-electron chi connectivity index (χ0n) is 25.2. The first kappa shape index (κ1) is 31.1. The van der Waals surface area contributed by atoms with E-state index >= 15 is 0 Å². The van der Waals surface area contributed by atoms with Crippen molar-refractivity contribution >= 4 is 17.6 Å². The zero-order chi connectivity index (χ0) is 30.9. The normalized spacial score (nSPS) is 20.0. The lowest BCUT2D eigenvalue weighted by Crippen LogP contribution is -2.60. The lowest BCUT2D eigenvalue weighted by molar-refractivity contribution is -0.125. The number of aromatic nitrogens is 5. The topological polar surface area (TPSA) is 129 Å². The fourth-order valence-corrected chi connectivity index (χ4v) is 5.58. The molecular formula is C32H39FN8O3. The minimum absolute atomic E-state index is 0.0593. The molecule has 1 atom stereocenters. The molecule has 2 aliphatic rings. The van der Waals surface area contributed by atoms with Gasteiger partial charge < -0.3 is 15.0 Å². The Kier molecular flexibility index (Phi) is 10.6. The summed E-state index contributed by atoms with van der Waals surface area (Å²) in [7, 11) is 0. The van der Waals surface area contributed by atoms with Crippen molar-refractivity contribution in [3.63, 3.8) is 0 Å². The van der Waals surface area contributed by atoms with Gasteiger partial charge in [0, 0.05) is 80.2 Å². The number of carbonyl (C=O) groups is 2. The number of alkyl halides is 1. The number of carbonyl (C=O) groups excluding carboxylic acids is 2. The standard InChI is InChI=1S/C32H39FN8O3/c1-3-13-44-21-30-35-18-26(19-36-30)23-5-4-6-29(39-37-10-8-23)38-31(42)25-15-28(16-25)41-12-11-40(20-22(41)2)32(43)24-7-9-34-27(14-24)17-33/h4-10,14,18-19,22,25,28,37H,3,11-13,15-17,20-21H2,1-2H3,(H,38,39,42)/t22-,25-,28+/m0/s1. The third-order valence-corrected chi connectivity index (χ3v) is 8.04. The fraction of sp³-hybridized carbons (Fsp3) is 0.438. The van der Waals surface area contributed by atoms with Gasteiger partial charge in [0.15, 0.2) is 11.6 Å². The molecule has 0 spiro atoms. The van der Waals surface area contributed by atoms with E-state index in [1.807, 2.05) is 23.1 Å². The number of H-pyrrole nitrogens is 1. The van der Waals surface area contributed by atoms with Gasteiger partial charge in [-0.2, -0.15) is 5.10 Å². The van der Waals surface area contributed by atoms with Crippen LogP contribution in [0, 0.1) is 5.92 Å². The number of ether oxygens (including phenoxy) is 1. The molecule has 2 fully saturated rings. The molecule has 4 heterocycles. The Bertz CT molecular complexity index is 1480. The number of amides is 2. The molecule has 3 aromatic heterocycles. The van der Waals surface area contributed by atoms with Crippen LogP contribution in [0.15, 0.2) is 61.2 Å². The average molecular weight is 603 g/mol. The minimum Gasteiger partial charge on any atom is -0.373 e. The summed E-state index contributed by atoms with van der Waals surface area (Å²) in [5, 5.41) is 10.1. The number of aromatic amines is 1. The summed E-state index contributed by atoms with van der Waals surface area (Å²) in [6.45, 7) is 6.42. The zero-order valence-corrected chi connectivity index (χ0v) is 25.2. The molecular weight excluding hydrogens is 563 g/mol. The van der Waals surface area contributed by atoms with Crippen molar-refractivity contribution in [3.05, 3.63) is 78.3 Å². The van der Waals surface area contributed by atoms with Crippen LogP contribution >= 0.6 is 0 Å². The summed E-state index contributed by atoms with van der Waals surface area (Å²) >= 11 is 0. The fourth-order valence-electron chi connectivity index (χ4n) is 5.58. The van der Waals surface area contributed by atoms with Gasteiger partial charge in [-0.1, -0.05) is 19.1 Å². The highest BCUT2D eigenvalue weighted by atomic mass is 19.1. The molecule has 1 saturated heterocycles. The molecule has 44 heavy (non-hydrogen) atoms. The van der Waals surface area contributed by atoms with Crippen molar-refractivity contribution in [3.8, 4) is 11.1 Å². The van der Waals surface area contributed by atoms with Gasteiger partial charge in [-0.3, -0.25) is 24.6 Å². The molecule has 2 amide bonds. The Morgan fingerprint density at radius 2 is 1.91 bits per heavy atom. The second-order valence-corrected chi connectivity index (χ2v) is 11.2. The molecule has 12 heteroatoms. The predicted octanol–water partition coefficient (Wildman–Crippen LogP) is 4.35. The first-order valence-electron chi connectivity index (χ1n) is 15.1. The van der Waals surface area contributed by atoms with Gasteiger partial charge in [-0.25, -0.2) is 14.4 Å². The summed E-state index contributed by atoms with van der Waals surface area (Å²) in [5.41, 5.74) is 2.46. The number of halogens is 1. The van der Waals surface area contributed by atoms with Crippen molar-refractivity contribution in [2.45, 2.75) is 58.5 Å². The van der Waals surface area contributed by atoms with E-state index in [1.54, 1.807) is 30.7 Å². The first-order valence-corrected chi connectivity index (χ1v) is 15.1. The predicted molar refractivity (Wildman–Crippen MR) is 163 cm³/mol. The van der Waals surface area contributed by atoms with Crippen LogP contribution in [0.25, 0.3) is 11.1 Å². The molecule has 11 nitrogen and oxygen atoms in total. The van der Waals surface area contributed by atoms with Crippen LogP contribution in [0.5, 0.6) is 0 Å². The van der Waals surface area contributed by atoms with Crippen LogP contribution in [0.3, 0.4) is 0 Å². The first-order chi connectivity index (χ1) is 21.4. The number of nitrogens with one attached hydrogen (secondary N) is 2. The Morgan fingerprint density at radius 1 is 1.09 bits per heavy atom. The van der Waals surface area contributed by atoms with E-state index in [2.05, 4.69) is 49.2 Å². The number of hydrogen-bond acceptors (Lipinski definition) is 8. The summed E-state index contributed by atoms with van der Waals surface area (Å²) in [5.74, 6) is 0.791. The van der Waals surface area contributed by atoms with E-state index in [9.17, 15) is 14.0 Å². The van der Waals surface area contributed by atoms with Gasteiger partial charge in [0.1, 0.15) is 13.3 Å². The van der Waals surface area contributed by atoms with Crippen LogP contribution in [0.2, 0.25) is 0 Å². The van der Waals surface area contributed by atoms with E-state index < -0.39 is 6.67 Å². The van der Waals surface area contributed by atoms with Gasteiger partial charge in [-0.15, -0.1) is 0 Å². The number of rotatable bonds is 10. The Balaban J connectivity index is 1.12. The van der Waals surface area contributed by atoms with Crippen LogP contribution in [0.1, 0.15) is 55.0 Å². The third kappa shape index (κ3) is 7.80. The molecule has 0 bridgehead atoms. The van der Waals surface area contributed by atoms with E-state index in [-0.39, 0.29) is 35.5 Å². The van der Waals surface area contributed by atoms with Gasteiger partial charge >= 0.3 is 0 Å². The monoisotopic (exact) mass is 602 g/mol. The van der Waals surface area contributed by atoms with E-state index in [0.717, 1.165) is 36.9 Å². The average Bonchev–Trinajstić information content (AvgIpc) is 3.13. The number of piperazine rings is 1. The quantitative estimate of drug-likeness (QED) is 0.328. The van der Waals surface area contributed by atoms with Gasteiger partial charge in [0.2, 0.25) is 5.91 Å². The van der Waals surface area contributed by atoms with Crippen LogP contribution in [0.4, 0.5) is 10.2 Å². The second kappa shape index (κ2) is 14.9. The largest absolute Gasteiger partial charge is 0.373 e. The minimum atomic E-state index is -0.697. The number of nitrogens with zero attached hydrogens (tertiary/aromatic N) is 6. The van der Waals surface area contributed by atoms with Crippen molar-refractivity contribution in [2.75, 3.05) is 31.6 Å². The molecule has 2 N–H and O–H groups in total. The van der Waals surface area contributed by atoms with Crippen LogP contribution in [-0.2, 0) is 22.8 Å². The summed E-state index contributed by atoms with van der Waals surface area (Å²) in [4.78, 5) is 42.9. The molecule has 1 aliphatic heterocycles. The van der Waals surface area contributed by atoms with Gasteiger partial charge in [-0.05, 0) is 56.0 Å². The van der Waals surface area contributed by atoms with Crippen LogP contribution < -0.4 is 5.32 Å². The molecule has 0 unspecified atom stereocenters. The molecule has 232 valence electrons. The maximum atomic E-state index is 13.0. The summed E-state index contributed by atoms with van der Waals surface area (Å²) < 4.78 is 18.5. The highest BCUT2D eigenvalue weighted by Crippen LogP contribution is 2.35. The summed E-state index contributed by atoms with van der Waals surface area (Å²) in [6, 6.07) is 11.0. The molecule has 5 rings (SSSR count). The maximum absolute atomic E-state index is 13.0. The van der Waals surface area contributed by atoms with E-state index in [1.165, 1.54) is 12.3 Å². The number of hydrogen-bond donors (Lipinski definition) is 2. The van der Waals surface area contributed by atoms with Gasteiger partial charge in [0.05, 0.1) is 5.69 Å².